The average Bonchev–Trinajstić information content (AvgIpc) is 3.15. The average molecular weight is 402 g/mol. The molecule has 148 valence electrons. The minimum absolute atomic E-state index is 0.0382. The molecular weight excluding hydrogens is 380 g/mol. The zero-order valence-corrected chi connectivity index (χ0v) is 16.4. The van der Waals surface area contributed by atoms with E-state index in [9.17, 15) is 13.2 Å². The van der Waals surface area contributed by atoms with Crippen molar-refractivity contribution in [3.63, 3.8) is 0 Å². The van der Waals surface area contributed by atoms with Gasteiger partial charge in [-0.25, -0.2) is 8.42 Å². The molecule has 1 heterocycles. The van der Waals surface area contributed by atoms with E-state index in [4.69, 9.17) is 5.26 Å². The third kappa shape index (κ3) is 4.37. The van der Waals surface area contributed by atoms with E-state index in [1.165, 1.54) is 27.3 Å². The lowest BCUT2D eigenvalue weighted by Crippen LogP contribution is -2.38. The Morgan fingerprint density at radius 2 is 1.96 bits per heavy atom. The monoisotopic (exact) mass is 402 g/mol. The number of aromatic nitrogens is 3. The molecule has 0 unspecified atom stereocenters. The maximum atomic E-state index is 12.8. The summed E-state index contributed by atoms with van der Waals surface area (Å²) in [6.07, 6.45) is 6.33. The highest BCUT2D eigenvalue weighted by Gasteiger charge is 2.28. The van der Waals surface area contributed by atoms with E-state index >= 15 is 0 Å². The fourth-order valence-electron chi connectivity index (χ4n) is 3.33. The number of hydrogen-bond acceptors (Lipinski definition) is 6. The summed E-state index contributed by atoms with van der Waals surface area (Å²) in [5.74, 6) is -0.325. The standard InChI is InChI=1S/C18H22N6O3S/c1-23(15-5-3-2-4-6-15)28(26,27)16-9-7-14(8-10-16)21-18(25)12-24-13-20-22-17(24)11-19/h7-10,13,15H,2-6,12H2,1H3,(H,21,25). The number of carbonyl (C=O) groups excluding carboxylic acids is 1. The van der Waals surface area contributed by atoms with Gasteiger partial charge >= 0.3 is 0 Å². The van der Waals surface area contributed by atoms with Gasteiger partial charge in [0.25, 0.3) is 0 Å². The molecule has 0 atom stereocenters. The second-order valence-electron chi connectivity index (χ2n) is 6.78. The van der Waals surface area contributed by atoms with E-state index in [2.05, 4.69) is 15.5 Å². The highest BCUT2D eigenvalue weighted by atomic mass is 32.2. The van der Waals surface area contributed by atoms with Gasteiger partial charge in [0.05, 0.1) is 4.90 Å². The quantitative estimate of drug-likeness (QED) is 0.786. The Labute approximate surface area is 164 Å². The van der Waals surface area contributed by atoms with Crippen molar-refractivity contribution in [2.45, 2.75) is 49.6 Å². The second-order valence-corrected chi connectivity index (χ2v) is 8.78. The number of amides is 1. The van der Waals surface area contributed by atoms with Crippen LogP contribution in [0.3, 0.4) is 0 Å². The SMILES string of the molecule is CN(C1CCCCC1)S(=O)(=O)c1ccc(NC(=O)Cn2cnnc2C#N)cc1. The van der Waals surface area contributed by atoms with Gasteiger partial charge in [-0.3, -0.25) is 9.36 Å². The predicted molar refractivity (Wildman–Crippen MR) is 102 cm³/mol. The van der Waals surface area contributed by atoms with Crippen molar-refractivity contribution in [1.29, 1.82) is 5.26 Å². The van der Waals surface area contributed by atoms with E-state index in [1.54, 1.807) is 19.2 Å². The van der Waals surface area contributed by atoms with Crippen LogP contribution in [-0.4, -0.2) is 46.5 Å². The van der Waals surface area contributed by atoms with Crippen LogP contribution in [-0.2, 0) is 21.4 Å². The number of benzene rings is 1. The molecule has 0 saturated heterocycles. The normalized spacial score (nSPS) is 15.3. The Bertz CT molecular complexity index is 971. The Morgan fingerprint density at radius 1 is 1.29 bits per heavy atom. The molecule has 1 aromatic heterocycles. The number of nitriles is 1. The molecule has 10 heteroatoms. The molecular formula is C18H22N6O3S. The molecule has 0 radical (unpaired) electrons. The van der Waals surface area contributed by atoms with Crippen LogP contribution in [0.15, 0.2) is 35.5 Å². The van der Waals surface area contributed by atoms with Gasteiger partial charge in [0, 0.05) is 18.8 Å². The van der Waals surface area contributed by atoms with E-state index in [1.807, 2.05) is 6.07 Å². The third-order valence-electron chi connectivity index (χ3n) is 4.93. The van der Waals surface area contributed by atoms with Gasteiger partial charge in [-0.05, 0) is 37.1 Å². The van der Waals surface area contributed by atoms with Crippen LogP contribution in [0.2, 0.25) is 0 Å². The first-order valence-corrected chi connectivity index (χ1v) is 10.5. The summed E-state index contributed by atoms with van der Waals surface area (Å²) >= 11 is 0. The van der Waals surface area contributed by atoms with Crippen molar-refractivity contribution >= 4 is 21.6 Å². The van der Waals surface area contributed by atoms with E-state index in [0.29, 0.717) is 5.69 Å². The molecule has 1 fully saturated rings. The Hall–Kier alpha value is -2.77. The van der Waals surface area contributed by atoms with Crippen molar-refractivity contribution in [2.24, 2.45) is 0 Å². The van der Waals surface area contributed by atoms with Gasteiger partial charge in [-0.1, -0.05) is 19.3 Å². The molecule has 1 N–H and O–H groups in total. The summed E-state index contributed by atoms with van der Waals surface area (Å²) in [6.45, 7) is -0.111. The number of nitrogens with one attached hydrogen (secondary N) is 1. The van der Waals surface area contributed by atoms with Crippen LogP contribution in [0.1, 0.15) is 37.9 Å². The van der Waals surface area contributed by atoms with Gasteiger partial charge in [0.2, 0.25) is 21.8 Å². The van der Waals surface area contributed by atoms with Gasteiger partial charge < -0.3 is 5.32 Å². The lowest BCUT2D eigenvalue weighted by atomic mass is 9.96. The van der Waals surface area contributed by atoms with Crippen molar-refractivity contribution < 1.29 is 13.2 Å². The molecule has 3 rings (SSSR count). The second kappa shape index (κ2) is 8.50. The van der Waals surface area contributed by atoms with E-state index in [-0.39, 0.29) is 29.2 Å². The smallest absolute Gasteiger partial charge is 0.244 e. The van der Waals surface area contributed by atoms with Crippen LogP contribution in [0.25, 0.3) is 0 Å². The first-order valence-electron chi connectivity index (χ1n) is 9.07. The van der Waals surface area contributed by atoms with Crippen LogP contribution in [0.4, 0.5) is 5.69 Å². The van der Waals surface area contributed by atoms with E-state index in [0.717, 1.165) is 32.1 Å². The summed E-state index contributed by atoms with van der Waals surface area (Å²) in [5, 5.41) is 18.7. The van der Waals surface area contributed by atoms with Gasteiger partial charge in [0.1, 0.15) is 18.9 Å². The largest absolute Gasteiger partial charge is 0.325 e. The number of rotatable bonds is 6. The van der Waals surface area contributed by atoms with Crippen LogP contribution in [0.5, 0.6) is 0 Å². The molecule has 0 spiro atoms. The van der Waals surface area contributed by atoms with Crippen LogP contribution < -0.4 is 5.32 Å². The highest BCUT2D eigenvalue weighted by molar-refractivity contribution is 7.89. The molecule has 1 aliphatic carbocycles. The third-order valence-corrected chi connectivity index (χ3v) is 6.86. The molecule has 0 aliphatic heterocycles. The predicted octanol–water partition coefficient (Wildman–Crippen LogP) is 1.74. The minimum atomic E-state index is -3.57. The Morgan fingerprint density at radius 3 is 2.61 bits per heavy atom. The molecule has 1 aromatic carbocycles. The molecule has 9 nitrogen and oxygen atoms in total. The van der Waals surface area contributed by atoms with Gasteiger partial charge in [-0.2, -0.15) is 9.57 Å². The first-order chi connectivity index (χ1) is 13.4. The molecule has 1 aliphatic rings. The highest BCUT2D eigenvalue weighted by Crippen LogP contribution is 2.27. The lowest BCUT2D eigenvalue weighted by molar-refractivity contribution is -0.116. The maximum Gasteiger partial charge on any atom is 0.244 e. The zero-order valence-electron chi connectivity index (χ0n) is 15.6. The topological polar surface area (TPSA) is 121 Å². The van der Waals surface area contributed by atoms with Crippen LogP contribution >= 0.6 is 0 Å². The number of sulfonamides is 1. The zero-order chi connectivity index (χ0) is 20.1. The number of nitrogens with zero attached hydrogens (tertiary/aromatic N) is 5. The summed E-state index contributed by atoms with van der Waals surface area (Å²) in [4.78, 5) is 12.3. The summed E-state index contributed by atoms with van der Waals surface area (Å²) in [5.41, 5.74) is 0.468. The van der Waals surface area contributed by atoms with Gasteiger partial charge in [-0.15, -0.1) is 10.2 Å². The number of hydrogen-bond donors (Lipinski definition) is 1. The van der Waals surface area contributed by atoms with Crippen molar-refractivity contribution in [2.75, 3.05) is 12.4 Å². The fourth-order valence-corrected chi connectivity index (χ4v) is 4.75. The summed E-state index contributed by atoms with van der Waals surface area (Å²) in [6, 6.07) is 7.97. The lowest BCUT2D eigenvalue weighted by Gasteiger charge is -2.30. The summed E-state index contributed by atoms with van der Waals surface area (Å²) in [7, 11) is -1.94. The molecule has 1 saturated carbocycles. The Balaban J connectivity index is 1.65. The van der Waals surface area contributed by atoms with Crippen molar-refractivity contribution in [3.8, 4) is 6.07 Å². The molecule has 2 aromatic rings. The van der Waals surface area contributed by atoms with Crippen molar-refractivity contribution in [3.05, 3.63) is 36.4 Å². The number of carbonyl (C=O) groups is 1. The maximum absolute atomic E-state index is 12.8. The summed E-state index contributed by atoms with van der Waals surface area (Å²) < 4.78 is 28.5. The van der Waals surface area contributed by atoms with Crippen molar-refractivity contribution in [1.82, 2.24) is 19.1 Å². The van der Waals surface area contributed by atoms with Gasteiger partial charge in [0.15, 0.2) is 0 Å². The van der Waals surface area contributed by atoms with Crippen LogP contribution in [0, 0.1) is 11.3 Å². The number of anilines is 1. The molecule has 1 amide bonds. The Kier molecular flexibility index (Phi) is 6.06. The fraction of sp³-hybridized carbons (Fsp3) is 0.444. The molecule has 0 bridgehead atoms. The minimum Gasteiger partial charge on any atom is -0.325 e. The first kappa shape index (κ1) is 20.0. The molecule has 28 heavy (non-hydrogen) atoms. The van der Waals surface area contributed by atoms with E-state index < -0.39 is 10.0 Å².